The van der Waals surface area contributed by atoms with Crippen LogP contribution in [0.4, 0.5) is 0 Å². The Morgan fingerprint density at radius 2 is 1.81 bits per heavy atom. The number of carbonyl (C=O) groups is 1. The first-order valence-corrected chi connectivity index (χ1v) is 6.67. The maximum absolute atomic E-state index is 11.9. The Hall–Kier alpha value is -0.570. The molecule has 1 saturated heterocycles. The van der Waals surface area contributed by atoms with Gasteiger partial charge in [0.25, 0.3) is 0 Å². The molecule has 0 aromatic heterocycles. The Morgan fingerprint density at radius 3 is 2.44 bits per heavy atom. The lowest BCUT2D eigenvalue weighted by molar-refractivity contribution is -0.136. The SMILES string of the molecule is C[C@H](N)C(=O)N1CCCC2(CCCCC2)C1. The highest BCUT2D eigenvalue weighted by Gasteiger charge is 2.38. The molecule has 1 aliphatic heterocycles. The molecule has 2 aliphatic rings. The molecule has 2 fully saturated rings. The number of rotatable bonds is 1. The van der Waals surface area contributed by atoms with Gasteiger partial charge in [0.05, 0.1) is 6.04 Å². The largest absolute Gasteiger partial charge is 0.341 e. The zero-order chi connectivity index (χ0) is 11.6. The van der Waals surface area contributed by atoms with Gasteiger partial charge in [0.15, 0.2) is 0 Å². The molecule has 0 bridgehead atoms. The monoisotopic (exact) mass is 224 g/mol. The average Bonchev–Trinajstić information content (AvgIpc) is 2.29. The van der Waals surface area contributed by atoms with Crippen molar-refractivity contribution in [2.75, 3.05) is 13.1 Å². The predicted molar refractivity (Wildman–Crippen MR) is 65.0 cm³/mol. The molecule has 1 heterocycles. The van der Waals surface area contributed by atoms with Crippen LogP contribution in [0.3, 0.4) is 0 Å². The second kappa shape index (κ2) is 4.74. The average molecular weight is 224 g/mol. The van der Waals surface area contributed by atoms with Gasteiger partial charge in [0, 0.05) is 13.1 Å². The molecule has 3 nitrogen and oxygen atoms in total. The van der Waals surface area contributed by atoms with Crippen LogP contribution in [0.5, 0.6) is 0 Å². The second-order valence-corrected chi connectivity index (χ2v) is 5.71. The van der Waals surface area contributed by atoms with Crippen molar-refractivity contribution >= 4 is 5.91 Å². The molecule has 2 rings (SSSR count). The molecule has 1 spiro atoms. The van der Waals surface area contributed by atoms with Crippen molar-refractivity contribution in [3.8, 4) is 0 Å². The van der Waals surface area contributed by atoms with Gasteiger partial charge in [-0.15, -0.1) is 0 Å². The quantitative estimate of drug-likeness (QED) is 0.739. The van der Waals surface area contributed by atoms with Crippen LogP contribution in [0, 0.1) is 5.41 Å². The summed E-state index contributed by atoms with van der Waals surface area (Å²) in [5, 5.41) is 0. The summed E-state index contributed by atoms with van der Waals surface area (Å²) in [5.74, 6) is 0.143. The fraction of sp³-hybridized carbons (Fsp3) is 0.923. The highest BCUT2D eigenvalue weighted by molar-refractivity contribution is 5.81. The van der Waals surface area contributed by atoms with Crippen LogP contribution >= 0.6 is 0 Å². The number of likely N-dealkylation sites (tertiary alicyclic amines) is 1. The lowest BCUT2D eigenvalue weighted by Crippen LogP contribution is -2.51. The van der Waals surface area contributed by atoms with Crippen molar-refractivity contribution in [2.24, 2.45) is 11.1 Å². The van der Waals surface area contributed by atoms with E-state index in [0.29, 0.717) is 5.41 Å². The van der Waals surface area contributed by atoms with Crippen molar-refractivity contribution in [3.63, 3.8) is 0 Å². The number of piperidine rings is 1. The van der Waals surface area contributed by atoms with Gasteiger partial charge in [-0.1, -0.05) is 19.3 Å². The van der Waals surface area contributed by atoms with Crippen molar-refractivity contribution in [2.45, 2.75) is 57.9 Å². The Morgan fingerprint density at radius 1 is 1.19 bits per heavy atom. The van der Waals surface area contributed by atoms with Gasteiger partial charge in [0.2, 0.25) is 5.91 Å². The predicted octanol–water partition coefficient (Wildman–Crippen LogP) is 1.91. The molecule has 0 aromatic rings. The van der Waals surface area contributed by atoms with E-state index in [1.165, 1.54) is 44.9 Å². The van der Waals surface area contributed by atoms with E-state index in [9.17, 15) is 4.79 Å². The van der Waals surface area contributed by atoms with Crippen LogP contribution in [0.15, 0.2) is 0 Å². The van der Waals surface area contributed by atoms with E-state index in [2.05, 4.69) is 0 Å². The highest BCUT2D eigenvalue weighted by atomic mass is 16.2. The molecule has 0 aromatic carbocycles. The van der Waals surface area contributed by atoms with Gasteiger partial charge in [0.1, 0.15) is 0 Å². The molecule has 16 heavy (non-hydrogen) atoms. The smallest absolute Gasteiger partial charge is 0.239 e. The third-order valence-corrected chi connectivity index (χ3v) is 4.28. The zero-order valence-electron chi connectivity index (χ0n) is 10.4. The molecule has 0 radical (unpaired) electrons. The topological polar surface area (TPSA) is 46.3 Å². The van der Waals surface area contributed by atoms with E-state index in [1.54, 1.807) is 6.92 Å². The Kier molecular flexibility index (Phi) is 3.53. The van der Waals surface area contributed by atoms with Gasteiger partial charge >= 0.3 is 0 Å². The molecular formula is C13H24N2O. The second-order valence-electron chi connectivity index (χ2n) is 5.71. The number of hydrogen-bond acceptors (Lipinski definition) is 2. The molecule has 1 atom stereocenters. The van der Waals surface area contributed by atoms with Gasteiger partial charge in [-0.3, -0.25) is 4.79 Å². The molecule has 3 heteroatoms. The summed E-state index contributed by atoms with van der Waals surface area (Å²) in [7, 11) is 0. The first kappa shape index (κ1) is 11.9. The third kappa shape index (κ3) is 2.40. The van der Waals surface area contributed by atoms with Crippen LogP contribution < -0.4 is 5.73 Å². The number of carbonyl (C=O) groups excluding carboxylic acids is 1. The van der Waals surface area contributed by atoms with Gasteiger partial charge in [-0.05, 0) is 38.0 Å². The Labute approximate surface area is 98.4 Å². The van der Waals surface area contributed by atoms with Crippen LogP contribution in [0.25, 0.3) is 0 Å². The molecule has 92 valence electrons. The number of nitrogens with two attached hydrogens (primary N) is 1. The molecule has 1 saturated carbocycles. The van der Waals surface area contributed by atoms with E-state index in [0.717, 1.165) is 13.1 Å². The van der Waals surface area contributed by atoms with E-state index < -0.39 is 0 Å². The Balaban J connectivity index is 2.00. The molecule has 0 unspecified atom stereocenters. The van der Waals surface area contributed by atoms with E-state index >= 15 is 0 Å². The van der Waals surface area contributed by atoms with Crippen LogP contribution in [-0.4, -0.2) is 29.9 Å². The normalized spacial score (nSPS) is 26.8. The van der Waals surface area contributed by atoms with Gasteiger partial charge in [-0.2, -0.15) is 0 Å². The van der Waals surface area contributed by atoms with E-state index in [-0.39, 0.29) is 11.9 Å². The van der Waals surface area contributed by atoms with E-state index in [1.807, 2.05) is 4.90 Å². The summed E-state index contributed by atoms with van der Waals surface area (Å²) in [6.07, 6.45) is 9.18. The first-order chi connectivity index (χ1) is 7.63. The molecular weight excluding hydrogens is 200 g/mol. The van der Waals surface area contributed by atoms with Gasteiger partial charge < -0.3 is 10.6 Å². The number of hydrogen-bond donors (Lipinski definition) is 1. The summed E-state index contributed by atoms with van der Waals surface area (Å²) < 4.78 is 0. The summed E-state index contributed by atoms with van der Waals surface area (Å²) in [4.78, 5) is 13.9. The minimum atomic E-state index is -0.334. The molecule has 2 N–H and O–H groups in total. The van der Waals surface area contributed by atoms with Crippen molar-refractivity contribution < 1.29 is 4.79 Å². The summed E-state index contributed by atoms with van der Waals surface area (Å²) in [6.45, 7) is 3.68. The van der Waals surface area contributed by atoms with Crippen LogP contribution in [0.1, 0.15) is 51.9 Å². The number of nitrogens with zero attached hydrogens (tertiary/aromatic N) is 1. The van der Waals surface area contributed by atoms with Gasteiger partial charge in [-0.25, -0.2) is 0 Å². The van der Waals surface area contributed by atoms with E-state index in [4.69, 9.17) is 5.73 Å². The van der Waals surface area contributed by atoms with Crippen molar-refractivity contribution in [1.29, 1.82) is 0 Å². The molecule has 1 aliphatic carbocycles. The fourth-order valence-corrected chi connectivity index (χ4v) is 3.39. The third-order valence-electron chi connectivity index (χ3n) is 4.28. The summed E-state index contributed by atoms with van der Waals surface area (Å²) in [6, 6.07) is -0.334. The highest BCUT2D eigenvalue weighted by Crippen LogP contribution is 2.43. The summed E-state index contributed by atoms with van der Waals surface area (Å²) in [5.41, 5.74) is 6.14. The van der Waals surface area contributed by atoms with Crippen molar-refractivity contribution in [1.82, 2.24) is 4.90 Å². The maximum atomic E-state index is 11.9. The fourth-order valence-electron chi connectivity index (χ4n) is 3.39. The molecule has 1 amide bonds. The minimum absolute atomic E-state index is 0.143. The lowest BCUT2D eigenvalue weighted by Gasteiger charge is -2.45. The first-order valence-electron chi connectivity index (χ1n) is 6.67. The standard InChI is InChI=1S/C13H24N2O/c1-11(14)12(16)15-9-5-8-13(10-15)6-3-2-4-7-13/h11H,2-10,14H2,1H3/t11-/m0/s1. The zero-order valence-corrected chi connectivity index (χ0v) is 10.4. The van der Waals surface area contributed by atoms with Crippen molar-refractivity contribution in [3.05, 3.63) is 0 Å². The Bertz CT molecular complexity index is 251. The number of amides is 1. The summed E-state index contributed by atoms with van der Waals surface area (Å²) >= 11 is 0. The lowest BCUT2D eigenvalue weighted by atomic mass is 9.69. The van der Waals surface area contributed by atoms with Crippen LogP contribution in [-0.2, 0) is 4.79 Å². The van der Waals surface area contributed by atoms with Crippen LogP contribution in [0.2, 0.25) is 0 Å². The maximum Gasteiger partial charge on any atom is 0.239 e. The minimum Gasteiger partial charge on any atom is -0.341 e.